The van der Waals surface area contributed by atoms with E-state index in [1.165, 1.54) is 0 Å². The maximum Gasteiger partial charge on any atom is 0.262 e. The monoisotopic (exact) mass is 297 g/mol. The molecule has 0 fully saturated rings. The molecule has 2 rings (SSSR count). The van der Waals surface area contributed by atoms with Crippen molar-refractivity contribution in [3.05, 3.63) is 59.7 Å². The van der Waals surface area contributed by atoms with Crippen LogP contribution in [0.3, 0.4) is 0 Å². The Bertz CT molecular complexity index is 709. The van der Waals surface area contributed by atoms with Gasteiger partial charge in [0.15, 0.2) is 0 Å². The van der Waals surface area contributed by atoms with Gasteiger partial charge in [0, 0.05) is 11.8 Å². The molecular weight excluding hydrogens is 284 g/mol. The fourth-order valence-corrected chi connectivity index (χ4v) is 2.84. The molecule has 0 aliphatic carbocycles. The second-order valence-electron chi connectivity index (χ2n) is 4.26. The molecule has 0 bridgehead atoms. The molecule has 2 aromatic rings. The molecule has 0 unspecified atom stereocenters. The summed E-state index contributed by atoms with van der Waals surface area (Å²) in [5.41, 5.74) is 1.31. The van der Waals surface area contributed by atoms with E-state index < -0.39 is 26.6 Å². The molecule has 106 valence electrons. The third-order valence-electron chi connectivity index (χ3n) is 2.73. The molecule has 20 heavy (non-hydrogen) atoms. The fraction of sp³-hybridized carbons (Fsp3) is 0.143. The van der Waals surface area contributed by atoms with Crippen molar-refractivity contribution in [1.29, 1.82) is 0 Å². The Balaban J connectivity index is 2.35. The van der Waals surface area contributed by atoms with Crippen LogP contribution in [0.4, 0.5) is 14.5 Å². The lowest BCUT2D eigenvalue weighted by Crippen LogP contribution is -2.13. The van der Waals surface area contributed by atoms with Crippen molar-refractivity contribution in [2.75, 3.05) is 4.72 Å². The van der Waals surface area contributed by atoms with E-state index in [2.05, 4.69) is 4.72 Å². The number of benzene rings is 2. The first kappa shape index (κ1) is 14.5. The van der Waals surface area contributed by atoms with Crippen LogP contribution in [0, 0.1) is 11.6 Å². The average molecular weight is 297 g/mol. The highest BCUT2D eigenvalue weighted by atomic mass is 32.2. The number of sulfonamides is 1. The van der Waals surface area contributed by atoms with Crippen molar-refractivity contribution in [2.45, 2.75) is 18.2 Å². The lowest BCUT2D eigenvalue weighted by Gasteiger charge is -2.09. The van der Waals surface area contributed by atoms with Gasteiger partial charge in [0.25, 0.3) is 10.0 Å². The van der Waals surface area contributed by atoms with E-state index in [-0.39, 0.29) is 0 Å². The Morgan fingerprint density at radius 1 is 1.05 bits per heavy atom. The van der Waals surface area contributed by atoms with Crippen LogP contribution in [0.2, 0.25) is 0 Å². The van der Waals surface area contributed by atoms with Crippen molar-refractivity contribution < 1.29 is 17.2 Å². The molecule has 2 aromatic carbocycles. The molecule has 1 N–H and O–H groups in total. The zero-order valence-corrected chi connectivity index (χ0v) is 11.5. The molecule has 0 amide bonds. The highest BCUT2D eigenvalue weighted by molar-refractivity contribution is 7.92. The minimum atomic E-state index is -4.01. The molecule has 3 nitrogen and oxygen atoms in total. The summed E-state index contributed by atoms with van der Waals surface area (Å²) in [5, 5.41) is 0. The summed E-state index contributed by atoms with van der Waals surface area (Å²) in [6, 6.07) is 8.99. The summed E-state index contributed by atoms with van der Waals surface area (Å²) in [5.74, 6) is -1.87. The zero-order chi connectivity index (χ0) is 14.8. The van der Waals surface area contributed by atoms with E-state index in [0.717, 1.165) is 24.1 Å². The third kappa shape index (κ3) is 3.33. The van der Waals surface area contributed by atoms with Gasteiger partial charge in [-0.3, -0.25) is 4.72 Å². The summed E-state index contributed by atoms with van der Waals surface area (Å²) < 4.78 is 52.6. The Morgan fingerprint density at radius 3 is 2.30 bits per heavy atom. The van der Waals surface area contributed by atoms with Crippen LogP contribution in [-0.4, -0.2) is 8.42 Å². The highest BCUT2D eigenvalue weighted by Crippen LogP contribution is 2.19. The maximum atomic E-state index is 13.1. The maximum absolute atomic E-state index is 13.1. The molecule has 0 atom stereocenters. The summed E-state index contributed by atoms with van der Waals surface area (Å²) in [6.07, 6.45) is 0.754. The predicted octanol–water partition coefficient (Wildman–Crippen LogP) is 3.33. The molecule has 0 radical (unpaired) electrons. The Labute approximate surface area is 116 Å². The quantitative estimate of drug-likeness (QED) is 0.941. The molecule has 0 aromatic heterocycles. The van der Waals surface area contributed by atoms with Gasteiger partial charge in [0.05, 0.1) is 4.90 Å². The lowest BCUT2D eigenvalue weighted by molar-refractivity contribution is 0.568. The molecular formula is C14H13F2NO2S. The van der Waals surface area contributed by atoms with Crippen molar-refractivity contribution in [3.8, 4) is 0 Å². The van der Waals surface area contributed by atoms with E-state index in [9.17, 15) is 17.2 Å². The van der Waals surface area contributed by atoms with Crippen molar-refractivity contribution in [2.24, 2.45) is 0 Å². The van der Waals surface area contributed by atoms with Crippen molar-refractivity contribution >= 4 is 15.7 Å². The zero-order valence-electron chi connectivity index (χ0n) is 10.7. The molecule has 0 aliphatic heterocycles. The number of rotatable bonds is 4. The largest absolute Gasteiger partial charge is 0.280 e. The van der Waals surface area contributed by atoms with E-state index in [1.807, 2.05) is 13.0 Å². The molecule has 0 spiro atoms. The van der Waals surface area contributed by atoms with Gasteiger partial charge in [-0.05, 0) is 36.2 Å². The SMILES string of the molecule is CCc1cccc(NS(=O)(=O)c2cc(F)cc(F)c2)c1. The van der Waals surface area contributed by atoms with E-state index in [4.69, 9.17) is 0 Å². The second kappa shape index (κ2) is 5.58. The summed E-state index contributed by atoms with van der Waals surface area (Å²) >= 11 is 0. The van der Waals surface area contributed by atoms with Crippen molar-refractivity contribution in [1.82, 2.24) is 0 Å². The smallest absolute Gasteiger partial charge is 0.262 e. The first-order valence-corrected chi connectivity index (χ1v) is 7.47. The van der Waals surface area contributed by atoms with Gasteiger partial charge in [0.1, 0.15) is 11.6 Å². The van der Waals surface area contributed by atoms with Crippen LogP contribution in [-0.2, 0) is 16.4 Å². The van der Waals surface area contributed by atoms with Crippen LogP contribution >= 0.6 is 0 Å². The first-order valence-electron chi connectivity index (χ1n) is 5.98. The average Bonchev–Trinajstić information content (AvgIpc) is 2.37. The predicted molar refractivity (Wildman–Crippen MR) is 73.0 cm³/mol. The van der Waals surface area contributed by atoms with Crippen LogP contribution in [0.5, 0.6) is 0 Å². The van der Waals surface area contributed by atoms with E-state index in [1.54, 1.807) is 18.2 Å². The number of hydrogen-bond donors (Lipinski definition) is 1. The van der Waals surface area contributed by atoms with Gasteiger partial charge in [0.2, 0.25) is 0 Å². The molecule has 0 heterocycles. The van der Waals surface area contributed by atoms with Gasteiger partial charge < -0.3 is 0 Å². The Morgan fingerprint density at radius 2 is 1.70 bits per heavy atom. The number of nitrogens with one attached hydrogen (secondary N) is 1. The summed E-state index contributed by atoms with van der Waals surface area (Å²) in [7, 11) is -4.01. The minimum Gasteiger partial charge on any atom is -0.280 e. The standard InChI is InChI=1S/C14H13F2NO2S/c1-2-10-4-3-5-13(6-10)17-20(18,19)14-8-11(15)7-12(16)9-14/h3-9,17H,2H2,1H3. The third-order valence-corrected chi connectivity index (χ3v) is 4.09. The molecule has 6 heteroatoms. The van der Waals surface area contributed by atoms with Crippen LogP contribution in [0.15, 0.2) is 47.4 Å². The van der Waals surface area contributed by atoms with Gasteiger partial charge in [-0.25, -0.2) is 17.2 Å². The van der Waals surface area contributed by atoms with Crippen LogP contribution < -0.4 is 4.72 Å². The number of halogens is 2. The molecule has 0 saturated carbocycles. The van der Waals surface area contributed by atoms with Gasteiger partial charge >= 0.3 is 0 Å². The van der Waals surface area contributed by atoms with Crippen LogP contribution in [0.1, 0.15) is 12.5 Å². The first-order chi connectivity index (χ1) is 9.40. The lowest BCUT2D eigenvalue weighted by atomic mass is 10.1. The van der Waals surface area contributed by atoms with Gasteiger partial charge in [-0.2, -0.15) is 0 Å². The molecule has 0 aliphatic rings. The van der Waals surface area contributed by atoms with Gasteiger partial charge in [-0.15, -0.1) is 0 Å². The van der Waals surface area contributed by atoms with E-state index in [0.29, 0.717) is 11.8 Å². The fourth-order valence-electron chi connectivity index (χ4n) is 1.75. The van der Waals surface area contributed by atoms with E-state index >= 15 is 0 Å². The number of anilines is 1. The summed E-state index contributed by atoms with van der Waals surface area (Å²) in [6.45, 7) is 1.94. The molecule has 0 saturated heterocycles. The minimum absolute atomic E-state index is 0.356. The Kier molecular flexibility index (Phi) is 4.04. The van der Waals surface area contributed by atoms with Gasteiger partial charge in [-0.1, -0.05) is 19.1 Å². The normalized spacial score (nSPS) is 11.3. The highest BCUT2D eigenvalue weighted by Gasteiger charge is 2.16. The number of aryl methyl sites for hydroxylation is 1. The Hall–Kier alpha value is -1.95. The number of hydrogen-bond acceptors (Lipinski definition) is 2. The van der Waals surface area contributed by atoms with Crippen molar-refractivity contribution in [3.63, 3.8) is 0 Å². The second-order valence-corrected chi connectivity index (χ2v) is 5.95. The van der Waals surface area contributed by atoms with Crippen LogP contribution in [0.25, 0.3) is 0 Å². The summed E-state index contributed by atoms with van der Waals surface area (Å²) in [4.78, 5) is -0.447. The topological polar surface area (TPSA) is 46.2 Å².